The van der Waals surface area contributed by atoms with E-state index >= 15 is 0 Å². The zero-order valence-electron chi connectivity index (χ0n) is 9.04. The summed E-state index contributed by atoms with van der Waals surface area (Å²) >= 11 is 0. The third-order valence-corrected chi connectivity index (χ3v) is 2.92. The van der Waals surface area contributed by atoms with Crippen LogP contribution in [0.2, 0.25) is 0 Å². The molecule has 0 saturated heterocycles. The molecular weight excluding hydrogens is 191 g/mol. The minimum atomic E-state index is -0.186. The van der Waals surface area contributed by atoms with E-state index in [1.54, 1.807) is 12.1 Å². The van der Waals surface area contributed by atoms with Crippen LogP contribution in [0.4, 0.5) is 10.1 Å². The number of nitrogens with two attached hydrogens (primary N) is 1. The topological polar surface area (TPSA) is 29.3 Å². The van der Waals surface area contributed by atoms with Gasteiger partial charge in [-0.1, -0.05) is 6.07 Å². The first-order valence-corrected chi connectivity index (χ1v) is 5.51. The molecule has 2 N–H and O–H groups in total. The standard InChI is InChI=1S/C12H17FN2/c1-2-15(10-5-6-10)11-4-3-9(8-14)12(13)7-11/h3-4,7,10H,2,5-6,8,14H2,1H3. The lowest BCUT2D eigenvalue weighted by Crippen LogP contribution is -2.25. The van der Waals surface area contributed by atoms with Crippen LogP contribution in [0.15, 0.2) is 18.2 Å². The molecule has 0 atom stereocenters. The van der Waals surface area contributed by atoms with Gasteiger partial charge in [-0.05, 0) is 31.9 Å². The Morgan fingerprint density at radius 2 is 2.20 bits per heavy atom. The van der Waals surface area contributed by atoms with Gasteiger partial charge in [0.25, 0.3) is 0 Å². The number of halogens is 1. The van der Waals surface area contributed by atoms with Crippen molar-refractivity contribution in [2.75, 3.05) is 11.4 Å². The molecule has 1 fully saturated rings. The summed E-state index contributed by atoms with van der Waals surface area (Å²) in [5.74, 6) is -0.186. The summed E-state index contributed by atoms with van der Waals surface area (Å²) in [5, 5.41) is 0. The van der Waals surface area contributed by atoms with E-state index < -0.39 is 0 Å². The number of hydrogen-bond acceptors (Lipinski definition) is 2. The zero-order valence-corrected chi connectivity index (χ0v) is 9.04. The maximum Gasteiger partial charge on any atom is 0.129 e. The molecule has 0 unspecified atom stereocenters. The van der Waals surface area contributed by atoms with Crippen LogP contribution in [-0.2, 0) is 6.54 Å². The molecule has 0 aliphatic heterocycles. The van der Waals surface area contributed by atoms with Crippen molar-refractivity contribution in [3.63, 3.8) is 0 Å². The molecular formula is C12H17FN2. The largest absolute Gasteiger partial charge is 0.369 e. The first-order valence-electron chi connectivity index (χ1n) is 5.51. The molecule has 0 amide bonds. The van der Waals surface area contributed by atoms with Crippen LogP contribution in [0, 0.1) is 5.82 Å². The molecule has 1 aliphatic carbocycles. The fourth-order valence-corrected chi connectivity index (χ4v) is 1.92. The molecule has 0 bridgehead atoms. The van der Waals surface area contributed by atoms with Crippen LogP contribution in [0.25, 0.3) is 0 Å². The van der Waals surface area contributed by atoms with E-state index in [0.29, 0.717) is 11.6 Å². The van der Waals surface area contributed by atoms with Gasteiger partial charge in [-0.25, -0.2) is 4.39 Å². The van der Waals surface area contributed by atoms with Crippen LogP contribution in [0.1, 0.15) is 25.3 Å². The van der Waals surface area contributed by atoms with Gasteiger partial charge in [0.15, 0.2) is 0 Å². The lowest BCUT2D eigenvalue weighted by atomic mass is 10.2. The van der Waals surface area contributed by atoms with Gasteiger partial charge in [-0.15, -0.1) is 0 Å². The van der Waals surface area contributed by atoms with E-state index in [9.17, 15) is 4.39 Å². The highest BCUT2D eigenvalue weighted by molar-refractivity contribution is 5.50. The number of benzene rings is 1. The van der Waals surface area contributed by atoms with Crippen LogP contribution < -0.4 is 10.6 Å². The number of hydrogen-bond donors (Lipinski definition) is 1. The molecule has 0 aromatic heterocycles. The van der Waals surface area contributed by atoms with Crippen LogP contribution in [0.3, 0.4) is 0 Å². The molecule has 2 rings (SSSR count). The van der Waals surface area contributed by atoms with E-state index in [4.69, 9.17) is 5.73 Å². The Hall–Kier alpha value is -1.09. The second-order valence-corrected chi connectivity index (χ2v) is 4.00. The van der Waals surface area contributed by atoms with Crippen molar-refractivity contribution in [1.29, 1.82) is 0 Å². The summed E-state index contributed by atoms with van der Waals surface area (Å²) in [6.07, 6.45) is 2.46. The van der Waals surface area contributed by atoms with Gasteiger partial charge in [0.1, 0.15) is 5.82 Å². The quantitative estimate of drug-likeness (QED) is 0.822. The van der Waals surface area contributed by atoms with Crippen molar-refractivity contribution in [1.82, 2.24) is 0 Å². The van der Waals surface area contributed by atoms with Crippen LogP contribution in [0.5, 0.6) is 0 Å². The van der Waals surface area contributed by atoms with E-state index in [0.717, 1.165) is 12.2 Å². The highest BCUT2D eigenvalue weighted by atomic mass is 19.1. The van der Waals surface area contributed by atoms with Crippen molar-refractivity contribution in [3.8, 4) is 0 Å². The summed E-state index contributed by atoms with van der Waals surface area (Å²) in [5.41, 5.74) is 7.00. The van der Waals surface area contributed by atoms with Crippen molar-refractivity contribution < 1.29 is 4.39 Å². The summed E-state index contributed by atoms with van der Waals surface area (Å²) in [6.45, 7) is 3.31. The maximum absolute atomic E-state index is 13.5. The lowest BCUT2D eigenvalue weighted by molar-refractivity contribution is 0.609. The minimum absolute atomic E-state index is 0.186. The number of anilines is 1. The first-order chi connectivity index (χ1) is 7.26. The molecule has 2 nitrogen and oxygen atoms in total. The molecule has 1 aromatic carbocycles. The molecule has 82 valence electrons. The van der Waals surface area contributed by atoms with Gasteiger partial charge >= 0.3 is 0 Å². The Bertz CT molecular complexity index is 347. The summed E-state index contributed by atoms with van der Waals surface area (Å²) in [6, 6.07) is 5.98. The second kappa shape index (κ2) is 4.19. The van der Waals surface area contributed by atoms with Gasteiger partial charge < -0.3 is 10.6 Å². The fraction of sp³-hybridized carbons (Fsp3) is 0.500. The number of rotatable bonds is 4. The van der Waals surface area contributed by atoms with Crippen molar-refractivity contribution >= 4 is 5.69 Å². The summed E-state index contributed by atoms with van der Waals surface area (Å²) in [4.78, 5) is 2.25. The van der Waals surface area contributed by atoms with E-state index in [-0.39, 0.29) is 12.4 Å². The Morgan fingerprint density at radius 1 is 1.47 bits per heavy atom. The Labute approximate surface area is 89.9 Å². The second-order valence-electron chi connectivity index (χ2n) is 4.00. The first kappa shape index (κ1) is 10.4. The van der Waals surface area contributed by atoms with Gasteiger partial charge in [-0.2, -0.15) is 0 Å². The predicted molar refractivity (Wildman–Crippen MR) is 60.3 cm³/mol. The molecule has 3 heteroatoms. The van der Waals surface area contributed by atoms with Gasteiger partial charge in [0.05, 0.1) is 0 Å². The van der Waals surface area contributed by atoms with E-state index in [1.807, 2.05) is 6.07 Å². The summed E-state index contributed by atoms with van der Waals surface area (Å²) < 4.78 is 13.5. The molecule has 0 heterocycles. The minimum Gasteiger partial charge on any atom is -0.369 e. The SMILES string of the molecule is CCN(c1ccc(CN)c(F)c1)C1CC1. The van der Waals surface area contributed by atoms with Crippen molar-refractivity contribution in [3.05, 3.63) is 29.6 Å². The Kier molecular flexibility index (Phi) is 2.91. The zero-order chi connectivity index (χ0) is 10.8. The van der Waals surface area contributed by atoms with Crippen molar-refractivity contribution in [2.24, 2.45) is 5.73 Å². The maximum atomic E-state index is 13.5. The van der Waals surface area contributed by atoms with Gasteiger partial charge in [-0.3, -0.25) is 0 Å². The Morgan fingerprint density at radius 3 is 2.67 bits per heavy atom. The molecule has 0 radical (unpaired) electrons. The van der Waals surface area contributed by atoms with Gasteiger partial charge in [0.2, 0.25) is 0 Å². The van der Waals surface area contributed by atoms with E-state index in [2.05, 4.69) is 11.8 Å². The third-order valence-electron chi connectivity index (χ3n) is 2.92. The van der Waals surface area contributed by atoms with Gasteiger partial charge in [0, 0.05) is 30.4 Å². The lowest BCUT2D eigenvalue weighted by Gasteiger charge is -2.23. The molecule has 1 aromatic rings. The summed E-state index contributed by atoms with van der Waals surface area (Å²) in [7, 11) is 0. The average molecular weight is 208 g/mol. The smallest absolute Gasteiger partial charge is 0.129 e. The van der Waals surface area contributed by atoms with E-state index in [1.165, 1.54) is 12.8 Å². The normalized spacial score (nSPS) is 15.4. The highest BCUT2D eigenvalue weighted by Crippen LogP contribution is 2.31. The Balaban J connectivity index is 2.23. The predicted octanol–water partition coefficient (Wildman–Crippen LogP) is 2.27. The molecule has 15 heavy (non-hydrogen) atoms. The highest BCUT2D eigenvalue weighted by Gasteiger charge is 2.28. The average Bonchev–Trinajstić information content (AvgIpc) is 3.03. The monoisotopic (exact) mass is 208 g/mol. The van der Waals surface area contributed by atoms with Crippen LogP contribution in [-0.4, -0.2) is 12.6 Å². The fourth-order valence-electron chi connectivity index (χ4n) is 1.92. The van der Waals surface area contributed by atoms with Crippen LogP contribution >= 0.6 is 0 Å². The third kappa shape index (κ3) is 2.12. The number of nitrogens with zero attached hydrogens (tertiary/aromatic N) is 1. The molecule has 0 spiro atoms. The van der Waals surface area contributed by atoms with Crippen molar-refractivity contribution in [2.45, 2.75) is 32.4 Å². The molecule has 1 saturated carbocycles. The molecule has 1 aliphatic rings.